The number of rotatable bonds is 6. The summed E-state index contributed by atoms with van der Waals surface area (Å²) in [6, 6.07) is 6.46. The maximum atomic E-state index is 12.3. The van der Waals surface area contributed by atoms with Crippen molar-refractivity contribution in [1.82, 2.24) is 5.32 Å². The molecule has 1 aromatic carbocycles. The van der Waals surface area contributed by atoms with Gasteiger partial charge in [0.2, 0.25) is 5.91 Å². The molecule has 6 nitrogen and oxygen atoms in total. The van der Waals surface area contributed by atoms with Gasteiger partial charge in [0.15, 0.2) is 0 Å². The smallest absolute Gasteiger partial charge is 0.322 e. The zero-order valence-corrected chi connectivity index (χ0v) is 13.9. The average Bonchev–Trinajstić information content (AvgIpc) is 2.60. The van der Waals surface area contributed by atoms with Gasteiger partial charge < -0.3 is 15.7 Å². The molecule has 24 heavy (non-hydrogen) atoms. The molecular formula is C18H24N2O4. The molecule has 1 aliphatic carbocycles. The molecule has 1 aliphatic rings. The Labute approximate surface area is 141 Å². The molecular weight excluding hydrogens is 308 g/mol. The van der Waals surface area contributed by atoms with Crippen LogP contribution in [0.5, 0.6) is 0 Å². The van der Waals surface area contributed by atoms with Crippen LogP contribution < -0.4 is 10.6 Å². The van der Waals surface area contributed by atoms with Gasteiger partial charge in [-0.1, -0.05) is 13.3 Å². The number of carboxylic acid groups (broad SMARTS) is 1. The van der Waals surface area contributed by atoms with Crippen LogP contribution in [-0.4, -0.2) is 29.4 Å². The number of carboxylic acids is 1. The largest absolute Gasteiger partial charge is 0.480 e. The van der Waals surface area contributed by atoms with E-state index in [9.17, 15) is 14.4 Å². The Hall–Kier alpha value is -2.37. The zero-order chi connectivity index (χ0) is 17.5. The first-order chi connectivity index (χ1) is 11.5. The lowest BCUT2D eigenvalue weighted by molar-refractivity contribution is -0.135. The van der Waals surface area contributed by atoms with Crippen molar-refractivity contribution in [3.8, 4) is 0 Å². The first kappa shape index (κ1) is 18.0. The summed E-state index contributed by atoms with van der Waals surface area (Å²) in [5.41, 5.74) is 1.00. The van der Waals surface area contributed by atoms with Gasteiger partial charge in [-0.15, -0.1) is 0 Å². The lowest BCUT2D eigenvalue weighted by Crippen LogP contribution is -2.29. The first-order valence-electron chi connectivity index (χ1n) is 8.40. The first-order valence-corrected chi connectivity index (χ1v) is 8.40. The Morgan fingerprint density at radius 3 is 2.25 bits per heavy atom. The maximum absolute atomic E-state index is 12.3. The van der Waals surface area contributed by atoms with Crippen LogP contribution in [0.4, 0.5) is 5.69 Å². The van der Waals surface area contributed by atoms with Gasteiger partial charge in [-0.25, -0.2) is 0 Å². The van der Waals surface area contributed by atoms with Crippen molar-refractivity contribution in [3.63, 3.8) is 0 Å². The van der Waals surface area contributed by atoms with Gasteiger partial charge in [0, 0.05) is 17.2 Å². The van der Waals surface area contributed by atoms with Crippen LogP contribution in [0.3, 0.4) is 0 Å². The predicted molar refractivity (Wildman–Crippen MR) is 90.8 cm³/mol. The van der Waals surface area contributed by atoms with Gasteiger partial charge >= 0.3 is 5.97 Å². The lowest BCUT2D eigenvalue weighted by atomic mass is 9.80. The van der Waals surface area contributed by atoms with E-state index in [1.165, 1.54) is 6.42 Å². The van der Waals surface area contributed by atoms with Crippen molar-refractivity contribution in [2.75, 3.05) is 11.9 Å². The van der Waals surface area contributed by atoms with Crippen molar-refractivity contribution in [2.24, 2.45) is 11.8 Å². The molecule has 130 valence electrons. The fourth-order valence-corrected chi connectivity index (χ4v) is 3.04. The predicted octanol–water partition coefficient (Wildman–Crippen LogP) is 2.66. The zero-order valence-electron chi connectivity index (χ0n) is 13.9. The van der Waals surface area contributed by atoms with E-state index in [1.54, 1.807) is 24.3 Å². The Bertz CT molecular complexity index is 590. The Balaban J connectivity index is 1.86. The number of amides is 2. The van der Waals surface area contributed by atoms with Gasteiger partial charge in [-0.2, -0.15) is 0 Å². The van der Waals surface area contributed by atoms with E-state index in [0.717, 1.165) is 31.6 Å². The second-order valence-electron chi connectivity index (χ2n) is 6.27. The van der Waals surface area contributed by atoms with Crippen LogP contribution in [0.2, 0.25) is 0 Å². The molecule has 0 bridgehead atoms. The number of hydrogen-bond donors (Lipinski definition) is 3. The summed E-state index contributed by atoms with van der Waals surface area (Å²) in [6.45, 7) is 1.77. The number of hydrogen-bond acceptors (Lipinski definition) is 3. The number of carbonyl (C=O) groups excluding carboxylic acids is 2. The van der Waals surface area contributed by atoms with Crippen molar-refractivity contribution in [3.05, 3.63) is 29.8 Å². The molecule has 1 aromatic rings. The van der Waals surface area contributed by atoms with Gasteiger partial charge in [0.05, 0.1) is 0 Å². The van der Waals surface area contributed by atoms with Gasteiger partial charge in [0.25, 0.3) is 5.91 Å². The van der Waals surface area contributed by atoms with Crippen LogP contribution in [0.1, 0.15) is 49.4 Å². The quantitative estimate of drug-likeness (QED) is 0.746. The molecule has 2 rings (SSSR count). The lowest BCUT2D eigenvalue weighted by Gasteiger charge is -2.26. The van der Waals surface area contributed by atoms with E-state index in [2.05, 4.69) is 17.6 Å². The molecule has 0 atom stereocenters. The number of anilines is 1. The number of aliphatic carboxylic acids is 1. The molecule has 2 amide bonds. The van der Waals surface area contributed by atoms with Crippen molar-refractivity contribution in [1.29, 1.82) is 0 Å². The molecule has 0 saturated heterocycles. The Kier molecular flexibility index (Phi) is 6.35. The van der Waals surface area contributed by atoms with Gasteiger partial charge in [0.1, 0.15) is 6.54 Å². The van der Waals surface area contributed by atoms with E-state index >= 15 is 0 Å². The molecule has 1 fully saturated rings. The summed E-state index contributed by atoms with van der Waals surface area (Å²) in [5, 5.41) is 13.7. The summed E-state index contributed by atoms with van der Waals surface area (Å²) < 4.78 is 0. The molecule has 0 unspecified atom stereocenters. The molecule has 3 N–H and O–H groups in total. The summed E-state index contributed by atoms with van der Waals surface area (Å²) in [7, 11) is 0. The highest BCUT2D eigenvalue weighted by atomic mass is 16.4. The molecule has 0 radical (unpaired) electrons. The third-order valence-corrected chi connectivity index (χ3v) is 4.61. The van der Waals surface area contributed by atoms with Gasteiger partial charge in [-0.3, -0.25) is 14.4 Å². The van der Waals surface area contributed by atoms with Crippen LogP contribution >= 0.6 is 0 Å². The third kappa shape index (κ3) is 5.08. The Morgan fingerprint density at radius 2 is 1.71 bits per heavy atom. The number of benzene rings is 1. The summed E-state index contributed by atoms with van der Waals surface area (Å²) >= 11 is 0. The Morgan fingerprint density at radius 1 is 1.08 bits per heavy atom. The summed E-state index contributed by atoms with van der Waals surface area (Å²) in [4.78, 5) is 34.5. The average molecular weight is 332 g/mol. The van der Waals surface area contributed by atoms with E-state index in [0.29, 0.717) is 11.3 Å². The fourth-order valence-electron chi connectivity index (χ4n) is 3.04. The second kappa shape index (κ2) is 8.47. The second-order valence-corrected chi connectivity index (χ2v) is 6.27. The molecule has 1 saturated carbocycles. The standard InChI is InChI=1S/C18H24N2O4/c1-2-12-3-5-14(6-4-12)18(24)20-15-9-7-13(8-10-15)17(23)19-11-16(21)22/h7-10,12,14H,2-6,11H2,1H3,(H,19,23)(H,20,24)(H,21,22). The van der Waals surface area contributed by atoms with E-state index in [-0.39, 0.29) is 11.8 Å². The monoisotopic (exact) mass is 332 g/mol. The van der Waals surface area contributed by atoms with E-state index < -0.39 is 18.4 Å². The molecule has 0 heterocycles. The minimum atomic E-state index is -1.09. The topological polar surface area (TPSA) is 95.5 Å². The minimum Gasteiger partial charge on any atom is -0.480 e. The van der Waals surface area contributed by atoms with Crippen LogP contribution in [0, 0.1) is 11.8 Å². The highest BCUT2D eigenvalue weighted by Crippen LogP contribution is 2.31. The van der Waals surface area contributed by atoms with E-state index in [1.807, 2.05) is 0 Å². The third-order valence-electron chi connectivity index (χ3n) is 4.61. The highest BCUT2D eigenvalue weighted by Gasteiger charge is 2.25. The number of nitrogens with one attached hydrogen (secondary N) is 2. The normalized spacial score (nSPS) is 20.2. The van der Waals surface area contributed by atoms with E-state index in [4.69, 9.17) is 5.11 Å². The van der Waals surface area contributed by atoms with Gasteiger partial charge in [-0.05, 0) is 55.9 Å². The molecule has 6 heteroatoms. The van der Waals surface area contributed by atoms with Crippen LogP contribution in [0.15, 0.2) is 24.3 Å². The number of carbonyl (C=O) groups is 3. The van der Waals surface area contributed by atoms with Crippen molar-refractivity contribution < 1.29 is 19.5 Å². The maximum Gasteiger partial charge on any atom is 0.322 e. The van der Waals surface area contributed by atoms with Crippen molar-refractivity contribution in [2.45, 2.75) is 39.0 Å². The SMILES string of the molecule is CCC1CCC(C(=O)Nc2ccc(C(=O)NCC(=O)O)cc2)CC1. The molecule has 0 aromatic heterocycles. The highest BCUT2D eigenvalue weighted by molar-refractivity contribution is 5.97. The fraction of sp³-hybridized carbons (Fsp3) is 0.500. The summed E-state index contributed by atoms with van der Waals surface area (Å²) in [6.07, 6.45) is 5.26. The minimum absolute atomic E-state index is 0.0348. The van der Waals surface area contributed by atoms with Crippen LogP contribution in [-0.2, 0) is 9.59 Å². The van der Waals surface area contributed by atoms with Crippen molar-refractivity contribution >= 4 is 23.5 Å². The molecule has 0 spiro atoms. The summed E-state index contributed by atoms with van der Waals surface area (Å²) in [5.74, 6) is -0.699. The molecule has 0 aliphatic heterocycles. The van der Waals surface area contributed by atoms with Crippen LogP contribution in [0.25, 0.3) is 0 Å².